The lowest BCUT2D eigenvalue weighted by atomic mass is 9.90. The highest BCUT2D eigenvalue weighted by molar-refractivity contribution is 4.70. The van der Waals surface area contributed by atoms with E-state index in [1.54, 1.807) is 0 Å². The first kappa shape index (κ1) is 12.0. The number of hydrogen-bond donors (Lipinski definition) is 1. The molecular formula is C11H24N. The van der Waals surface area contributed by atoms with Crippen molar-refractivity contribution in [2.75, 3.05) is 6.54 Å². The fourth-order valence-corrected chi connectivity index (χ4v) is 1.55. The van der Waals surface area contributed by atoms with Crippen LogP contribution >= 0.6 is 0 Å². The Bertz CT molecular complexity index is 87.0. The van der Waals surface area contributed by atoms with Crippen molar-refractivity contribution >= 4 is 0 Å². The Morgan fingerprint density at radius 3 is 2.42 bits per heavy atom. The van der Waals surface area contributed by atoms with E-state index in [4.69, 9.17) is 5.73 Å². The molecule has 0 aromatic carbocycles. The summed E-state index contributed by atoms with van der Waals surface area (Å²) in [6, 6.07) is 0. The molecular weight excluding hydrogens is 146 g/mol. The maximum Gasteiger partial charge on any atom is -0.00489 e. The second-order valence-corrected chi connectivity index (χ2v) is 3.78. The molecule has 0 aliphatic heterocycles. The van der Waals surface area contributed by atoms with E-state index in [1.165, 1.54) is 25.7 Å². The van der Waals surface area contributed by atoms with Gasteiger partial charge in [0.1, 0.15) is 0 Å². The molecule has 0 aromatic heterocycles. The highest BCUT2D eigenvalue weighted by atomic mass is 14.5. The molecule has 2 N–H and O–H groups in total. The van der Waals surface area contributed by atoms with Gasteiger partial charge >= 0.3 is 0 Å². The van der Waals surface area contributed by atoms with Crippen molar-refractivity contribution in [3.8, 4) is 0 Å². The van der Waals surface area contributed by atoms with Crippen molar-refractivity contribution in [1.82, 2.24) is 0 Å². The Labute approximate surface area is 77.7 Å². The van der Waals surface area contributed by atoms with Crippen molar-refractivity contribution in [3.05, 3.63) is 6.42 Å². The summed E-state index contributed by atoms with van der Waals surface area (Å²) < 4.78 is 0. The van der Waals surface area contributed by atoms with Gasteiger partial charge in [0, 0.05) is 0 Å². The normalized spacial score (nSPS) is 16.0. The van der Waals surface area contributed by atoms with Crippen molar-refractivity contribution in [3.63, 3.8) is 0 Å². The second-order valence-electron chi connectivity index (χ2n) is 3.78. The van der Waals surface area contributed by atoms with Gasteiger partial charge in [-0.15, -0.1) is 0 Å². The zero-order chi connectivity index (χ0) is 9.40. The number of rotatable bonds is 7. The number of hydrogen-bond acceptors (Lipinski definition) is 1. The van der Waals surface area contributed by atoms with Crippen LogP contribution in [0, 0.1) is 18.3 Å². The van der Waals surface area contributed by atoms with Crippen molar-refractivity contribution in [2.45, 2.75) is 46.5 Å². The van der Waals surface area contributed by atoms with Crippen LogP contribution in [0.5, 0.6) is 0 Å². The summed E-state index contributed by atoms with van der Waals surface area (Å²) in [6.07, 6.45) is 7.35. The van der Waals surface area contributed by atoms with E-state index in [0.29, 0.717) is 0 Å². The largest absolute Gasteiger partial charge is 0.330 e. The minimum absolute atomic E-state index is 0.741. The van der Waals surface area contributed by atoms with E-state index < -0.39 is 0 Å². The molecule has 1 nitrogen and oxygen atoms in total. The molecule has 0 rings (SSSR count). The molecule has 0 aliphatic rings. The van der Waals surface area contributed by atoms with Crippen LogP contribution < -0.4 is 5.73 Å². The van der Waals surface area contributed by atoms with Crippen LogP contribution in [-0.4, -0.2) is 6.54 Å². The Kier molecular flexibility index (Phi) is 7.58. The van der Waals surface area contributed by atoms with E-state index in [1.807, 2.05) is 0 Å². The van der Waals surface area contributed by atoms with Crippen molar-refractivity contribution < 1.29 is 0 Å². The SMILES string of the molecule is CC[CH]CC(C)CC(CC)CN. The molecule has 0 saturated carbocycles. The molecule has 0 fully saturated rings. The fourth-order valence-electron chi connectivity index (χ4n) is 1.55. The molecule has 12 heavy (non-hydrogen) atoms. The predicted octanol–water partition coefficient (Wildman–Crippen LogP) is 3.00. The van der Waals surface area contributed by atoms with Crippen LogP contribution in [0.2, 0.25) is 0 Å². The lowest BCUT2D eigenvalue weighted by Crippen LogP contribution is -2.16. The third kappa shape index (κ3) is 5.59. The van der Waals surface area contributed by atoms with Gasteiger partial charge in [-0.1, -0.05) is 33.6 Å². The molecule has 0 spiro atoms. The first-order chi connectivity index (χ1) is 5.74. The van der Waals surface area contributed by atoms with Gasteiger partial charge in [0.2, 0.25) is 0 Å². The Hall–Kier alpha value is -0.0400. The van der Waals surface area contributed by atoms with Gasteiger partial charge in [0.25, 0.3) is 0 Å². The zero-order valence-corrected chi connectivity index (χ0v) is 8.84. The van der Waals surface area contributed by atoms with Crippen LogP contribution in [0.25, 0.3) is 0 Å². The molecule has 0 saturated heterocycles. The quantitative estimate of drug-likeness (QED) is 0.624. The van der Waals surface area contributed by atoms with Crippen LogP contribution in [0.4, 0.5) is 0 Å². The van der Waals surface area contributed by atoms with Gasteiger partial charge in [0.15, 0.2) is 0 Å². The lowest BCUT2D eigenvalue weighted by molar-refractivity contribution is 0.382. The van der Waals surface area contributed by atoms with Crippen LogP contribution in [-0.2, 0) is 0 Å². The van der Waals surface area contributed by atoms with E-state index in [2.05, 4.69) is 27.2 Å². The molecule has 2 atom stereocenters. The van der Waals surface area contributed by atoms with Crippen LogP contribution in [0.1, 0.15) is 46.5 Å². The topological polar surface area (TPSA) is 26.0 Å². The van der Waals surface area contributed by atoms with E-state index in [-0.39, 0.29) is 0 Å². The molecule has 1 heteroatoms. The van der Waals surface area contributed by atoms with Gasteiger partial charge in [-0.25, -0.2) is 0 Å². The number of unbranched alkanes of at least 4 members (excludes halogenated alkanes) is 1. The molecule has 0 aromatic rings. The molecule has 0 aliphatic carbocycles. The van der Waals surface area contributed by atoms with Crippen LogP contribution in [0.15, 0.2) is 0 Å². The maximum absolute atomic E-state index is 5.65. The standard InChI is InChI=1S/C11H24N/c1-4-6-7-10(3)8-11(5-2)9-12/h6,10-11H,4-5,7-9,12H2,1-3H3. The fraction of sp³-hybridized carbons (Fsp3) is 0.909. The van der Waals surface area contributed by atoms with Gasteiger partial charge in [-0.05, 0) is 37.6 Å². The molecule has 0 heterocycles. The van der Waals surface area contributed by atoms with Crippen molar-refractivity contribution in [1.29, 1.82) is 0 Å². The minimum Gasteiger partial charge on any atom is -0.330 e. The third-order valence-electron chi connectivity index (χ3n) is 2.50. The Morgan fingerprint density at radius 1 is 1.33 bits per heavy atom. The Morgan fingerprint density at radius 2 is 2.00 bits per heavy atom. The lowest BCUT2D eigenvalue weighted by Gasteiger charge is -2.17. The summed E-state index contributed by atoms with van der Waals surface area (Å²) in [5, 5.41) is 0. The van der Waals surface area contributed by atoms with Gasteiger partial charge in [-0.2, -0.15) is 0 Å². The summed E-state index contributed by atoms with van der Waals surface area (Å²) in [5.41, 5.74) is 5.65. The first-order valence-corrected chi connectivity index (χ1v) is 5.26. The molecule has 0 amide bonds. The highest BCUT2D eigenvalue weighted by Crippen LogP contribution is 2.18. The van der Waals surface area contributed by atoms with Gasteiger partial charge in [-0.3, -0.25) is 0 Å². The van der Waals surface area contributed by atoms with E-state index in [9.17, 15) is 0 Å². The maximum atomic E-state index is 5.65. The highest BCUT2D eigenvalue weighted by Gasteiger charge is 2.09. The summed E-state index contributed by atoms with van der Waals surface area (Å²) in [5.74, 6) is 1.56. The molecule has 0 bridgehead atoms. The monoisotopic (exact) mass is 170 g/mol. The van der Waals surface area contributed by atoms with Gasteiger partial charge in [0.05, 0.1) is 0 Å². The average molecular weight is 170 g/mol. The minimum atomic E-state index is 0.741. The van der Waals surface area contributed by atoms with Crippen LogP contribution in [0.3, 0.4) is 0 Å². The number of nitrogens with two attached hydrogens (primary N) is 1. The molecule has 73 valence electrons. The summed E-state index contributed by atoms with van der Waals surface area (Å²) in [7, 11) is 0. The second kappa shape index (κ2) is 7.60. The van der Waals surface area contributed by atoms with E-state index >= 15 is 0 Å². The van der Waals surface area contributed by atoms with Crippen molar-refractivity contribution in [2.24, 2.45) is 17.6 Å². The summed E-state index contributed by atoms with van der Waals surface area (Å²) in [4.78, 5) is 0. The molecule has 2 unspecified atom stereocenters. The molecule has 1 radical (unpaired) electrons. The first-order valence-electron chi connectivity index (χ1n) is 5.26. The predicted molar refractivity (Wildman–Crippen MR) is 55.8 cm³/mol. The zero-order valence-electron chi connectivity index (χ0n) is 8.84. The summed E-state index contributed by atoms with van der Waals surface area (Å²) >= 11 is 0. The smallest absolute Gasteiger partial charge is 0.00489 e. The third-order valence-corrected chi connectivity index (χ3v) is 2.50. The van der Waals surface area contributed by atoms with Gasteiger partial charge < -0.3 is 5.73 Å². The summed E-state index contributed by atoms with van der Waals surface area (Å²) in [6.45, 7) is 7.61. The average Bonchev–Trinajstić information content (AvgIpc) is 2.10. The van der Waals surface area contributed by atoms with E-state index in [0.717, 1.165) is 18.4 Å². The Balaban J connectivity index is 3.44.